The molecule has 0 bridgehead atoms. The Balaban J connectivity index is 1.78. The fourth-order valence-corrected chi connectivity index (χ4v) is 3.25. The van der Waals surface area contributed by atoms with Gasteiger partial charge in [0.2, 0.25) is 5.91 Å². The predicted octanol–water partition coefficient (Wildman–Crippen LogP) is 4.32. The second kappa shape index (κ2) is 6.77. The minimum atomic E-state index is -0.472. The highest BCUT2D eigenvalue weighted by Gasteiger charge is 2.24. The van der Waals surface area contributed by atoms with Crippen molar-refractivity contribution in [2.75, 3.05) is 23.3 Å². The molecule has 1 aliphatic heterocycles. The molecule has 6 heteroatoms. The zero-order valence-corrected chi connectivity index (χ0v) is 14.0. The Labute approximate surface area is 144 Å². The van der Waals surface area contributed by atoms with Gasteiger partial charge in [0.1, 0.15) is 11.6 Å². The van der Waals surface area contributed by atoms with Crippen LogP contribution >= 0.6 is 11.6 Å². The first-order valence-electron chi connectivity index (χ1n) is 7.73. The van der Waals surface area contributed by atoms with Crippen molar-refractivity contribution in [3.63, 3.8) is 0 Å². The number of carbonyl (C=O) groups excluding carboxylic acids is 1. The average Bonchev–Trinajstić information content (AvgIpc) is 2.54. The smallest absolute Gasteiger partial charge is 0.243 e. The molecule has 0 radical (unpaired) electrons. The second-order valence-electron chi connectivity index (χ2n) is 5.89. The molecule has 1 N–H and O–H groups in total. The standard InChI is InChI=1S/C18H17ClF2N2O/c1-11-4-6-15(21)18-13(11)3-2-8-23(18)10-17(24)22-16-7-5-12(20)9-14(16)19/h4-7,9H,2-3,8,10H2,1H3,(H,22,24). The number of benzene rings is 2. The SMILES string of the molecule is Cc1ccc(F)c2c1CCCN2CC(=O)Nc1ccc(F)cc1Cl. The molecule has 3 rings (SSSR count). The number of rotatable bonds is 3. The third-order valence-corrected chi connectivity index (χ3v) is 4.49. The number of fused-ring (bicyclic) bond motifs is 1. The van der Waals surface area contributed by atoms with E-state index in [-0.39, 0.29) is 23.3 Å². The van der Waals surface area contributed by atoms with Gasteiger partial charge in [-0.15, -0.1) is 0 Å². The van der Waals surface area contributed by atoms with Gasteiger partial charge >= 0.3 is 0 Å². The van der Waals surface area contributed by atoms with Crippen molar-refractivity contribution in [1.29, 1.82) is 0 Å². The predicted molar refractivity (Wildman–Crippen MR) is 91.7 cm³/mol. The van der Waals surface area contributed by atoms with E-state index >= 15 is 0 Å². The van der Waals surface area contributed by atoms with Gasteiger partial charge in [-0.2, -0.15) is 0 Å². The van der Waals surface area contributed by atoms with E-state index in [9.17, 15) is 13.6 Å². The van der Waals surface area contributed by atoms with E-state index in [0.29, 0.717) is 17.9 Å². The number of nitrogens with one attached hydrogen (secondary N) is 1. The van der Waals surface area contributed by atoms with Crippen LogP contribution in [0.1, 0.15) is 17.5 Å². The third kappa shape index (κ3) is 3.36. The second-order valence-corrected chi connectivity index (χ2v) is 6.30. The summed E-state index contributed by atoms with van der Waals surface area (Å²) in [6.45, 7) is 2.57. The molecule has 1 aliphatic rings. The molecule has 126 valence electrons. The van der Waals surface area contributed by atoms with E-state index < -0.39 is 5.82 Å². The zero-order chi connectivity index (χ0) is 17.3. The Morgan fingerprint density at radius 1 is 1.29 bits per heavy atom. The highest BCUT2D eigenvalue weighted by molar-refractivity contribution is 6.33. The maximum absolute atomic E-state index is 14.3. The summed E-state index contributed by atoms with van der Waals surface area (Å²) < 4.78 is 27.3. The summed E-state index contributed by atoms with van der Waals surface area (Å²) in [5, 5.41) is 2.78. The molecule has 0 aliphatic carbocycles. The number of halogens is 3. The lowest BCUT2D eigenvalue weighted by atomic mass is 9.96. The molecule has 0 aromatic heterocycles. The van der Waals surface area contributed by atoms with Gasteiger partial charge in [-0.1, -0.05) is 17.7 Å². The molecule has 24 heavy (non-hydrogen) atoms. The van der Waals surface area contributed by atoms with Crippen molar-refractivity contribution in [1.82, 2.24) is 0 Å². The van der Waals surface area contributed by atoms with Crippen molar-refractivity contribution in [2.45, 2.75) is 19.8 Å². The van der Waals surface area contributed by atoms with Crippen molar-refractivity contribution >= 4 is 28.9 Å². The minimum Gasteiger partial charge on any atom is -0.360 e. The van der Waals surface area contributed by atoms with E-state index in [1.165, 1.54) is 18.2 Å². The maximum Gasteiger partial charge on any atom is 0.243 e. The molecule has 0 spiro atoms. The zero-order valence-electron chi connectivity index (χ0n) is 13.2. The van der Waals surface area contributed by atoms with Crippen LogP contribution in [-0.4, -0.2) is 19.0 Å². The van der Waals surface area contributed by atoms with Crippen LogP contribution in [0.3, 0.4) is 0 Å². The lowest BCUT2D eigenvalue weighted by Crippen LogP contribution is -2.37. The molecule has 0 saturated carbocycles. The molecular formula is C18H17ClF2N2O. The van der Waals surface area contributed by atoms with Crippen LogP contribution < -0.4 is 10.2 Å². The van der Waals surface area contributed by atoms with Crippen LogP contribution in [0.5, 0.6) is 0 Å². The summed E-state index contributed by atoms with van der Waals surface area (Å²) in [5.74, 6) is -1.11. The van der Waals surface area contributed by atoms with Crippen LogP contribution in [0.25, 0.3) is 0 Å². The Hall–Kier alpha value is -2.14. The first-order chi connectivity index (χ1) is 11.5. The third-order valence-electron chi connectivity index (χ3n) is 4.18. The summed E-state index contributed by atoms with van der Waals surface area (Å²) in [4.78, 5) is 14.0. The monoisotopic (exact) mass is 350 g/mol. The lowest BCUT2D eigenvalue weighted by molar-refractivity contribution is -0.115. The fraction of sp³-hybridized carbons (Fsp3) is 0.278. The number of carbonyl (C=O) groups is 1. The highest BCUT2D eigenvalue weighted by Crippen LogP contribution is 2.32. The van der Waals surface area contributed by atoms with Gasteiger partial charge < -0.3 is 10.2 Å². The first kappa shape index (κ1) is 16.7. The number of anilines is 2. The van der Waals surface area contributed by atoms with Crippen LogP contribution in [-0.2, 0) is 11.2 Å². The Morgan fingerprint density at radius 2 is 2.08 bits per heavy atom. The number of nitrogens with zero attached hydrogens (tertiary/aromatic N) is 1. The summed E-state index contributed by atoms with van der Waals surface area (Å²) in [7, 11) is 0. The van der Waals surface area contributed by atoms with Gasteiger partial charge in [-0.25, -0.2) is 8.78 Å². The van der Waals surface area contributed by atoms with Gasteiger partial charge in [-0.05, 0) is 55.2 Å². The van der Waals surface area contributed by atoms with Crippen molar-refractivity contribution in [3.8, 4) is 0 Å². The van der Waals surface area contributed by atoms with Gasteiger partial charge in [0.05, 0.1) is 22.9 Å². The van der Waals surface area contributed by atoms with E-state index in [4.69, 9.17) is 11.6 Å². The summed E-state index contributed by atoms with van der Waals surface area (Å²) in [6, 6.07) is 6.96. The van der Waals surface area contributed by atoms with Gasteiger partial charge in [0.15, 0.2) is 0 Å². The molecule has 0 unspecified atom stereocenters. The molecule has 0 fully saturated rings. The lowest BCUT2D eigenvalue weighted by Gasteiger charge is -2.32. The molecule has 1 heterocycles. The van der Waals surface area contributed by atoms with Crippen molar-refractivity contribution in [3.05, 3.63) is 58.1 Å². The topological polar surface area (TPSA) is 32.3 Å². The maximum atomic E-state index is 14.3. The molecule has 2 aromatic carbocycles. The van der Waals surface area contributed by atoms with Gasteiger partial charge in [-0.3, -0.25) is 4.79 Å². The molecule has 2 aromatic rings. The Kier molecular flexibility index (Phi) is 4.71. The highest BCUT2D eigenvalue weighted by atomic mass is 35.5. The fourth-order valence-electron chi connectivity index (χ4n) is 3.04. The van der Waals surface area contributed by atoms with Crippen molar-refractivity contribution in [2.24, 2.45) is 0 Å². The quantitative estimate of drug-likeness (QED) is 0.894. The Morgan fingerprint density at radius 3 is 2.83 bits per heavy atom. The van der Waals surface area contributed by atoms with E-state index in [1.807, 2.05) is 6.92 Å². The number of amides is 1. The average molecular weight is 351 g/mol. The van der Waals surface area contributed by atoms with E-state index in [1.54, 1.807) is 11.0 Å². The number of aryl methyl sites for hydroxylation is 1. The van der Waals surface area contributed by atoms with Gasteiger partial charge in [0.25, 0.3) is 0 Å². The molecular weight excluding hydrogens is 334 g/mol. The van der Waals surface area contributed by atoms with Crippen LogP contribution in [0.15, 0.2) is 30.3 Å². The van der Waals surface area contributed by atoms with Crippen LogP contribution in [0.2, 0.25) is 5.02 Å². The Bertz CT molecular complexity index is 795. The normalized spacial score (nSPS) is 13.6. The first-order valence-corrected chi connectivity index (χ1v) is 8.11. The van der Waals surface area contributed by atoms with E-state index in [0.717, 1.165) is 30.0 Å². The minimum absolute atomic E-state index is 0.0150. The molecule has 0 saturated heterocycles. The number of hydrogen-bond donors (Lipinski definition) is 1. The van der Waals surface area contributed by atoms with Crippen LogP contribution in [0, 0.1) is 18.6 Å². The summed E-state index contributed by atoms with van der Waals surface area (Å²) in [5.41, 5.74) is 2.82. The number of hydrogen-bond acceptors (Lipinski definition) is 2. The molecule has 1 amide bonds. The van der Waals surface area contributed by atoms with E-state index in [2.05, 4.69) is 5.32 Å². The van der Waals surface area contributed by atoms with Gasteiger partial charge in [0, 0.05) is 6.54 Å². The molecule has 3 nitrogen and oxygen atoms in total. The van der Waals surface area contributed by atoms with Crippen LogP contribution in [0.4, 0.5) is 20.2 Å². The summed E-state index contributed by atoms with van der Waals surface area (Å²) in [6.07, 6.45) is 1.67. The summed E-state index contributed by atoms with van der Waals surface area (Å²) >= 11 is 5.92. The largest absolute Gasteiger partial charge is 0.360 e. The molecule has 0 atom stereocenters. The van der Waals surface area contributed by atoms with Crippen molar-refractivity contribution < 1.29 is 13.6 Å².